The molecule has 3 N–H and O–H groups in total. The lowest BCUT2D eigenvalue weighted by Gasteiger charge is -2.19. The van der Waals surface area contributed by atoms with E-state index in [1.165, 1.54) is 29.8 Å². The fraction of sp³-hybridized carbons (Fsp3) is 0.250. The number of amides is 2. The van der Waals surface area contributed by atoms with Crippen molar-refractivity contribution in [1.82, 2.24) is 15.9 Å². The lowest BCUT2D eigenvalue weighted by molar-refractivity contribution is 0.0237. The van der Waals surface area contributed by atoms with Crippen LogP contribution < -0.4 is 11.0 Å². The third-order valence-electron chi connectivity index (χ3n) is 5.21. The highest BCUT2D eigenvalue weighted by molar-refractivity contribution is 5.97. The van der Waals surface area contributed by atoms with E-state index in [0.717, 1.165) is 36.0 Å². The summed E-state index contributed by atoms with van der Waals surface area (Å²) < 4.78 is 0. The molecular weight excluding hydrogens is 394 g/mol. The molecule has 3 aromatic rings. The van der Waals surface area contributed by atoms with Crippen LogP contribution in [0.3, 0.4) is 0 Å². The van der Waals surface area contributed by atoms with Gasteiger partial charge in [0, 0.05) is 17.7 Å². The zero-order chi connectivity index (χ0) is 22.2. The molecule has 3 rings (SSSR count). The topological polar surface area (TPSA) is 90.9 Å². The summed E-state index contributed by atoms with van der Waals surface area (Å²) in [6.07, 6.45) is 0. The van der Waals surface area contributed by atoms with Crippen molar-refractivity contribution in [2.24, 2.45) is 0 Å². The van der Waals surface area contributed by atoms with E-state index < -0.39 is 11.8 Å². The van der Waals surface area contributed by atoms with Crippen LogP contribution in [0.5, 0.6) is 0 Å². The normalized spacial score (nSPS) is 11.0. The molecule has 0 bridgehead atoms. The third kappa shape index (κ3) is 5.67. The highest BCUT2D eigenvalue weighted by Gasteiger charge is 2.11. The molecular formula is C24H27N3O4. The number of carbonyl (C=O) groups excluding carboxylic acids is 2. The van der Waals surface area contributed by atoms with Gasteiger partial charge in [0.15, 0.2) is 0 Å². The van der Waals surface area contributed by atoms with Crippen LogP contribution in [0.1, 0.15) is 45.7 Å². The number of nitrogens with one attached hydrogen (secondary N) is 2. The van der Waals surface area contributed by atoms with Gasteiger partial charge >= 0.3 is 0 Å². The molecule has 0 fully saturated rings. The standard InChI is InChI=1S/C24H27N3O4/c1-3-27(4-2)15-17-13-20-7-5-6-8-22(20)21(14-17)16-31-26-24(29)19-11-9-18(10-12-19)23(28)25-30/h5-14,30H,3-4,15-16H2,1-2H3,(H,25,28)(H,26,29). The van der Waals surface area contributed by atoms with Gasteiger partial charge in [0.05, 0.1) is 0 Å². The fourth-order valence-electron chi connectivity index (χ4n) is 3.45. The second-order valence-electron chi connectivity index (χ2n) is 7.18. The molecule has 3 aromatic carbocycles. The van der Waals surface area contributed by atoms with Gasteiger partial charge < -0.3 is 0 Å². The van der Waals surface area contributed by atoms with Gasteiger partial charge in [0.1, 0.15) is 6.61 Å². The lowest BCUT2D eigenvalue weighted by atomic mass is 10.0. The van der Waals surface area contributed by atoms with Crippen molar-refractivity contribution in [2.45, 2.75) is 27.0 Å². The first-order chi connectivity index (χ1) is 15.0. The van der Waals surface area contributed by atoms with Gasteiger partial charge in [-0.15, -0.1) is 0 Å². The van der Waals surface area contributed by atoms with E-state index in [4.69, 9.17) is 10.0 Å². The van der Waals surface area contributed by atoms with Crippen LogP contribution in [0.4, 0.5) is 0 Å². The van der Waals surface area contributed by atoms with Gasteiger partial charge in [-0.05, 0) is 65.3 Å². The van der Waals surface area contributed by atoms with Crippen molar-refractivity contribution >= 4 is 22.6 Å². The molecule has 0 spiro atoms. The number of fused-ring (bicyclic) bond motifs is 1. The maximum Gasteiger partial charge on any atom is 0.274 e. The van der Waals surface area contributed by atoms with E-state index >= 15 is 0 Å². The van der Waals surface area contributed by atoms with Crippen molar-refractivity contribution < 1.29 is 19.6 Å². The predicted molar refractivity (Wildman–Crippen MR) is 119 cm³/mol. The second-order valence-corrected chi connectivity index (χ2v) is 7.18. The van der Waals surface area contributed by atoms with Gasteiger partial charge in [0.2, 0.25) is 0 Å². The van der Waals surface area contributed by atoms with Crippen LogP contribution >= 0.6 is 0 Å². The van der Waals surface area contributed by atoms with Crippen LogP contribution in [-0.4, -0.2) is 35.0 Å². The highest BCUT2D eigenvalue weighted by atomic mass is 16.6. The third-order valence-corrected chi connectivity index (χ3v) is 5.21. The Morgan fingerprint density at radius 2 is 1.58 bits per heavy atom. The molecule has 0 aliphatic carbocycles. The number of rotatable bonds is 9. The van der Waals surface area contributed by atoms with Crippen LogP contribution in [-0.2, 0) is 18.0 Å². The second kappa shape index (κ2) is 10.7. The van der Waals surface area contributed by atoms with E-state index in [2.05, 4.69) is 42.4 Å². The van der Waals surface area contributed by atoms with E-state index in [0.29, 0.717) is 5.56 Å². The first kappa shape index (κ1) is 22.4. The predicted octanol–water partition coefficient (Wildman–Crippen LogP) is 3.66. The van der Waals surface area contributed by atoms with Gasteiger partial charge in [-0.1, -0.05) is 44.2 Å². The molecule has 0 saturated carbocycles. The van der Waals surface area contributed by atoms with E-state index in [1.54, 1.807) is 5.48 Å². The van der Waals surface area contributed by atoms with Gasteiger partial charge in [-0.2, -0.15) is 0 Å². The van der Waals surface area contributed by atoms with Crippen molar-refractivity contribution in [3.8, 4) is 0 Å². The minimum absolute atomic E-state index is 0.226. The Bertz CT molecular complexity index is 1050. The lowest BCUT2D eigenvalue weighted by Crippen LogP contribution is -2.24. The van der Waals surface area contributed by atoms with E-state index in [-0.39, 0.29) is 12.2 Å². The summed E-state index contributed by atoms with van der Waals surface area (Å²) in [4.78, 5) is 31.6. The Hall–Kier alpha value is -3.26. The monoisotopic (exact) mass is 421 g/mol. The molecule has 0 aromatic heterocycles. The molecule has 0 heterocycles. The number of hydrogen-bond acceptors (Lipinski definition) is 5. The molecule has 0 aliphatic heterocycles. The minimum Gasteiger partial charge on any atom is -0.300 e. The Kier molecular flexibility index (Phi) is 7.72. The minimum atomic E-state index is -0.639. The van der Waals surface area contributed by atoms with Crippen LogP contribution in [0.25, 0.3) is 10.8 Å². The number of hydrogen-bond donors (Lipinski definition) is 3. The molecule has 0 saturated heterocycles. The summed E-state index contributed by atoms with van der Waals surface area (Å²) in [7, 11) is 0. The Labute approximate surface area is 181 Å². The molecule has 7 nitrogen and oxygen atoms in total. The quantitative estimate of drug-likeness (QED) is 0.362. The maximum atomic E-state index is 12.3. The largest absolute Gasteiger partial charge is 0.300 e. The SMILES string of the molecule is CCN(CC)Cc1cc(CONC(=O)c2ccc(C(=O)NO)cc2)c2ccccc2c1. The number of nitrogens with zero attached hydrogens (tertiary/aromatic N) is 1. The zero-order valence-electron chi connectivity index (χ0n) is 17.7. The average molecular weight is 421 g/mol. The number of benzene rings is 3. The van der Waals surface area contributed by atoms with Crippen LogP contribution in [0.15, 0.2) is 60.7 Å². The summed E-state index contributed by atoms with van der Waals surface area (Å²) in [6, 6.07) is 18.3. The van der Waals surface area contributed by atoms with Gasteiger partial charge in [-0.25, -0.2) is 11.0 Å². The zero-order valence-corrected chi connectivity index (χ0v) is 17.7. The fourth-order valence-corrected chi connectivity index (χ4v) is 3.45. The number of carbonyl (C=O) groups is 2. The first-order valence-electron chi connectivity index (χ1n) is 10.2. The van der Waals surface area contributed by atoms with E-state index in [1.807, 2.05) is 18.2 Å². The summed E-state index contributed by atoms with van der Waals surface area (Å²) in [5, 5.41) is 10.9. The molecule has 162 valence electrons. The van der Waals surface area contributed by atoms with Crippen molar-refractivity contribution in [1.29, 1.82) is 0 Å². The summed E-state index contributed by atoms with van der Waals surface area (Å²) in [5.41, 5.74) is 6.80. The molecule has 0 aliphatic rings. The Morgan fingerprint density at radius 3 is 2.23 bits per heavy atom. The molecule has 0 atom stereocenters. The summed E-state index contributed by atoms with van der Waals surface area (Å²) >= 11 is 0. The smallest absolute Gasteiger partial charge is 0.274 e. The van der Waals surface area contributed by atoms with Crippen LogP contribution in [0, 0.1) is 0 Å². The van der Waals surface area contributed by atoms with Crippen LogP contribution in [0.2, 0.25) is 0 Å². The van der Waals surface area contributed by atoms with E-state index in [9.17, 15) is 9.59 Å². The number of hydroxylamine groups is 2. The summed E-state index contributed by atoms with van der Waals surface area (Å²) in [6.45, 7) is 7.32. The molecule has 31 heavy (non-hydrogen) atoms. The van der Waals surface area contributed by atoms with Crippen molar-refractivity contribution in [3.63, 3.8) is 0 Å². The average Bonchev–Trinajstić information content (AvgIpc) is 2.82. The molecule has 7 heteroatoms. The maximum absolute atomic E-state index is 12.3. The van der Waals surface area contributed by atoms with Crippen molar-refractivity contribution in [3.05, 3.63) is 82.9 Å². The molecule has 0 radical (unpaired) electrons. The molecule has 2 amide bonds. The Balaban J connectivity index is 1.69. The van der Waals surface area contributed by atoms with Gasteiger partial charge in [0.25, 0.3) is 11.8 Å². The summed E-state index contributed by atoms with van der Waals surface area (Å²) in [5.74, 6) is -1.06. The first-order valence-corrected chi connectivity index (χ1v) is 10.2. The highest BCUT2D eigenvalue weighted by Crippen LogP contribution is 2.23. The Morgan fingerprint density at radius 1 is 0.935 bits per heavy atom. The van der Waals surface area contributed by atoms with Gasteiger partial charge in [-0.3, -0.25) is 24.5 Å². The van der Waals surface area contributed by atoms with Crippen molar-refractivity contribution in [2.75, 3.05) is 13.1 Å². The molecule has 0 unspecified atom stereocenters.